The summed E-state index contributed by atoms with van der Waals surface area (Å²) in [6, 6.07) is 16.0. The molecular weight excluding hydrogens is 368 g/mol. The number of nitrogens with one attached hydrogen (secondary N) is 2. The molecule has 7 heteroatoms. The van der Waals surface area contributed by atoms with Gasteiger partial charge >= 0.3 is 5.97 Å². The average molecular weight is 390 g/mol. The number of esters is 1. The number of anilines is 3. The number of ether oxygens (including phenoxy) is 1. The summed E-state index contributed by atoms with van der Waals surface area (Å²) < 4.78 is 4.95. The third-order valence-corrected chi connectivity index (χ3v) is 4.21. The maximum Gasteiger partial charge on any atom is 0.338 e. The van der Waals surface area contributed by atoms with Gasteiger partial charge in [0.15, 0.2) is 0 Å². The first-order chi connectivity index (χ1) is 14.1. The highest BCUT2D eigenvalue weighted by atomic mass is 16.5. The van der Waals surface area contributed by atoms with E-state index in [-0.39, 0.29) is 11.6 Å². The van der Waals surface area contributed by atoms with E-state index in [0.29, 0.717) is 23.7 Å². The molecule has 1 amide bonds. The Hall–Kier alpha value is -3.74. The smallest absolute Gasteiger partial charge is 0.338 e. The van der Waals surface area contributed by atoms with Gasteiger partial charge in [0.25, 0.3) is 5.91 Å². The molecule has 29 heavy (non-hydrogen) atoms. The Bertz CT molecular complexity index is 1000. The highest BCUT2D eigenvalue weighted by Crippen LogP contribution is 2.20. The molecule has 0 saturated heterocycles. The number of aryl methyl sites for hydroxylation is 1. The highest BCUT2D eigenvalue weighted by molar-refractivity contribution is 6.03. The minimum atomic E-state index is -0.399. The van der Waals surface area contributed by atoms with Crippen LogP contribution in [0.3, 0.4) is 0 Å². The van der Waals surface area contributed by atoms with Crippen LogP contribution in [0.2, 0.25) is 0 Å². The molecule has 1 aromatic heterocycles. The van der Waals surface area contributed by atoms with Gasteiger partial charge in [-0.3, -0.25) is 4.79 Å². The van der Waals surface area contributed by atoms with E-state index in [1.165, 1.54) is 6.33 Å². The van der Waals surface area contributed by atoms with Gasteiger partial charge < -0.3 is 15.4 Å². The monoisotopic (exact) mass is 390 g/mol. The number of hydrogen-bond acceptors (Lipinski definition) is 6. The minimum absolute atomic E-state index is 0.228. The van der Waals surface area contributed by atoms with E-state index in [2.05, 4.69) is 27.5 Å². The highest BCUT2D eigenvalue weighted by Gasteiger charge is 2.11. The van der Waals surface area contributed by atoms with Crippen molar-refractivity contribution in [1.29, 1.82) is 0 Å². The normalized spacial score (nSPS) is 10.3. The average Bonchev–Trinajstić information content (AvgIpc) is 2.75. The van der Waals surface area contributed by atoms with Crippen LogP contribution in [0, 0.1) is 0 Å². The van der Waals surface area contributed by atoms with E-state index in [1.807, 2.05) is 24.3 Å². The zero-order chi connectivity index (χ0) is 20.6. The van der Waals surface area contributed by atoms with E-state index in [1.54, 1.807) is 37.3 Å². The Kier molecular flexibility index (Phi) is 6.52. The van der Waals surface area contributed by atoms with E-state index >= 15 is 0 Å². The maximum absolute atomic E-state index is 12.5. The van der Waals surface area contributed by atoms with Crippen LogP contribution in [-0.2, 0) is 11.2 Å². The Balaban J connectivity index is 1.70. The zero-order valence-corrected chi connectivity index (χ0v) is 16.3. The van der Waals surface area contributed by atoms with Crippen LogP contribution in [-0.4, -0.2) is 28.5 Å². The lowest BCUT2D eigenvalue weighted by Crippen LogP contribution is -2.14. The number of nitrogens with zero attached hydrogens (tertiary/aromatic N) is 2. The molecule has 0 spiro atoms. The summed E-state index contributed by atoms with van der Waals surface area (Å²) in [4.78, 5) is 32.5. The van der Waals surface area contributed by atoms with Crippen LogP contribution < -0.4 is 10.6 Å². The second-order valence-electron chi connectivity index (χ2n) is 6.18. The summed E-state index contributed by atoms with van der Waals surface area (Å²) in [6.07, 6.45) is 2.22. The third-order valence-electron chi connectivity index (χ3n) is 4.21. The Morgan fingerprint density at radius 3 is 2.48 bits per heavy atom. The van der Waals surface area contributed by atoms with E-state index < -0.39 is 5.97 Å². The lowest BCUT2D eigenvalue weighted by molar-refractivity contribution is 0.0526. The van der Waals surface area contributed by atoms with Gasteiger partial charge in [-0.25, -0.2) is 14.8 Å². The van der Waals surface area contributed by atoms with Gasteiger partial charge in [0.05, 0.1) is 12.2 Å². The second-order valence-corrected chi connectivity index (χ2v) is 6.18. The number of amides is 1. The quantitative estimate of drug-likeness (QED) is 0.587. The lowest BCUT2D eigenvalue weighted by Gasteiger charge is -2.11. The topological polar surface area (TPSA) is 93.2 Å². The number of carbonyl (C=O) groups is 2. The molecule has 0 radical (unpaired) electrons. The minimum Gasteiger partial charge on any atom is -0.462 e. The molecule has 0 bridgehead atoms. The number of benzene rings is 2. The van der Waals surface area contributed by atoms with Crippen LogP contribution in [0.15, 0.2) is 60.9 Å². The van der Waals surface area contributed by atoms with E-state index in [4.69, 9.17) is 4.74 Å². The van der Waals surface area contributed by atoms with Crippen molar-refractivity contribution in [2.75, 3.05) is 17.2 Å². The van der Waals surface area contributed by atoms with Crippen molar-refractivity contribution in [2.24, 2.45) is 0 Å². The fourth-order valence-electron chi connectivity index (χ4n) is 2.74. The van der Waals surface area contributed by atoms with Gasteiger partial charge in [0.2, 0.25) is 0 Å². The fourth-order valence-corrected chi connectivity index (χ4v) is 2.74. The molecule has 0 atom stereocenters. The molecule has 148 valence electrons. The first-order valence-electron chi connectivity index (χ1n) is 9.36. The summed E-state index contributed by atoms with van der Waals surface area (Å²) in [5.74, 6) is -0.240. The van der Waals surface area contributed by atoms with Crippen LogP contribution >= 0.6 is 0 Å². The van der Waals surface area contributed by atoms with Gasteiger partial charge in [-0.2, -0.15) is 0 Å². The van der Waals surface area contributed by atoms with Crippen LogP contribution in [0.4, 0.5) is 17.2 Å². The fraction of sp³-hybridized carbons (Fsp3) is 0.182. The number of rotatable bonds is 7. The number of para-hydroxylation sites is 1. The van der Waals surface area contributed by atoms with Crippen molar-refractivity contribution in [3.8, 4) is 0 Å². The largest absolute Gasteiger partial charge is 0.462 e. The lowest BCUT2D eigenvalue weighted by atomic mass is 10.1. The van der Waals surface area contributed by atoms with Crippen molar-refractivity contribution in [1.82, 2.24) is 9.97 Å². The summed E-state index contributed by atoms with van der Waals surface area (Å²) >= 11 is 0. The molecule has 0 aliphatic carbocycles. The van der Waals surface area contributed by atoms with Crippen LogP contribution in [0.25, 0.3) is 0 Å². The summed E-state index contributed by atoms with van der Waals surface area (Å²) in [5, 5.41) is 5.99. The molecule has 3 rings (SSSR count). The van der Waals surface area contributed by atoms with Crippen molar-refractivity contribution >= 4 is 29.1 Å². The van der Waals surface area contributed by atoms with Crippen molar-refractivity contribution in [2.45, 2.75) is 20.3 Å². The molecule has 0 aliphatic rings. The molecule has 0 unspecified atom stereocenters. The number of aromatic nitrogens is 2. The van der Waals surface area contributed by atoms with Gasteiger partial charge in [-0.1, -0.05) is 25.1 Å². The summed E-state index contributed by atoms with van der Waals surface area (Å²) in [6.45, 7) is 4.13. The summed E-state index contributed by atoms with van der Waals surface area (Å²) in [7, 11) is 0. The standard InChI is InChI=1S/C22H22N4O3/c1-3-15-7-5-6-8-18(15)26-20-13-19(23-14-24-20)21(27)25-17-11-9-16(10-12-17)22(28)29-4-2/h5-14H,3-4H2,1-2H3,(H,25,27)(H,23,24,26). The predicted octanol–water partition coefficient (Wildman–Crippen LogP) is 4.21. The van der Waals surface area contributed by atoms with Gasteiger partial charge in [0, 0.05) is 17.4 Å². The molecule has 0 saturated carbocycles. The first-order valence-corrected chi connectivity index (χ1v) is 9.36. The third kappa shape index (κ3) is 5.16. The van der Waals surface area contributed by atoms with Gasteiger partial charge in [-0.05, 0) is 49.2 Å². The second kappa shape index (κ2) is 9.45. The molecule has 3 aromatic rings. The van der Waals surface area contributed by atoms with Crippen molar-refractivity contribution < 1.29 is 14.3 Å². The molecule has 7 nitrogen and oxygen atoms in total. The SMILES string of the molecule is CCOC(=O)c1ccc(NC(=O)c2cc(Nc3ccccc3CC)ncn2)cc1. The van der Waals surface area contributed by atoms with Crippen molar-refractivity contribution in [3.63, 3.8) is 0 Å². The van der Waals surface area contributed by atoms with Gasteiger partial charge in [-0.15, -0.1) is 0 Å². The van der Waals surface area contributed by atoms with E-state index in [9.17, 15) is 9.59 Å². The van der Waals surface area contributed by atoms with E-state index in [0.717, 1.165) is 17.7 Å². The summed E-state index contributed by atoms with van der Waals surface area (Å²) in [5.41, 5.74) is 3.29. The molecular formula is C22H22N4O3. The molecule has 0 fully saturated rings. The Morgan fingerprint density at radius 1 is 1.00 bits per heavy atom. The molecule has 2 aromatic carbocycles. The molecule has 2 N–H and O–H groups in total. The van der Waals surface area contributed by atoms with Gasteiger partial charge in [0.1, 0.15) is 17.8 Å². The van der Waals surface area contributed by atoms with Crippen LogP contribution in [0.1, 0.15) is 40.3 Å². The zero-order valence-electron chi connectivity index (χ0n) is 16.3. The Morgan fingerprint density at radius 2 is 1.76 bits per heavy atom. The number of hydrogen-bond donors (Lipinski definition) is 2. The first kappa shape index (κ1) is 20.0. The number of carbonyl (C=O) groups excluding carboxylic acids is 2. The maximum atomic E-state index is 12.5. The molecule has 1 heterocycles. The van der Waals surface area contributed by atoms with Crippen LogP contribution in [0.5, 0.6) is 0 Å². The molecule has 0 aliphatic heterocycles. The Labute approximate surface area is 169 Å². The predicted molar refractivity (Wildman–Crippen MR) is 111 cm³/mol. The van der Waals surface area contributed by atoms with Crippen molar-refractivity contribution in [3.05, 3.63) is 77.7 Å².